The van der Waals surface area contributed by atoms with Crippen LogP contribution in [0.4, 0.5) is 0 Å². The lowest BCUT2D eigenvalue weighted by Crippen LogP contribution is -2.38. The van der Waals surface area contributed by atoms with E-state index in [0.29, 0.717) is 11.7 Å². The summed E-state index contributed by atoms with van der Waals surface area (Å²) in [4.78, 5) is 11.8. The summed E-state index contributed by atoms with van der Waals surface area (Å²) in [7, 11) is 1.69. The summed E-state index contributed by atoms with van der Waals surface area (Å²) in [5.74, 6) is 0.741. The molecular weight excluding hydrogens is 152 g/mol. The van der Waals surface area contributed by atoms with Crippen LogP contribution < -0.4 is 0 Å². The van der Waals surface area contributed by atoms with Crippen LogP contribution in [-0.2, 0) is 9.53 Å². The maximum Gasteiger partial charge on any atom is 0.167 e. The number of ketones is 1. The van der Waals surface area contributed by atoms with Crippen LogP contribution in [0.5, 0.6) is 0 Å². The highest BCUT2D eigenvalue weighted by Gasteiger charge is 2.47. The van der Waals surface area contributed by atoms with Crippen LogP contribution in [0.2, 0.25) is 0 Å². The van der Waals surface area contributed by atoms with E-state index in [-0.39, 0.29) is 5.60 Å². The van der Waals surface area contributed by atoms with Crippen molar-refractivity contribution in [3.63, 3.8) is 0 Å². The molecular formula is C10H16O2. The van der Waals surface area contributed by atoms with Gasteiger partial charge < -0.3 is 4.74 Å². The normalized spacial score (nSPS) is 27.4. The predicted octanol–water partition coefficient (Wildman–Crippen LogP) is 1.92. The maximum atomic E-state index is 11.8. The number of carbonyl (C=O) groups is 1. The van der Waals surface area contributed by atoms with Crippen molar-refractivity contribution >= 4 is 5.78 Å². The highest BCUT2D eigenvalue weighted by molar-refractivity contribution is 5.91. The van der Waals surface area contributed by atoms with Gasteiger partial charge in [-0.3, -0.25) is 4.79 Å². The average molecular weight is 168 g/mol. The van der Waals surface area contributed by atoms with E-state index in [2.05, 4.69) is 0 Å². The second-order valence-electron chi connectivity index (χ2n) is 4.04. The minimum Gasteiger partial charge on any atom is -0.370 e. The Kier molecular flexibility index (Phi) is 1.95. The first kappa shape index (κ1) is 8.24. The van der Waals surface area contributed by atoms with Gasteiger partial charge in [-0.1, -0.05) is 0 Å². The Balaban J connectivity index is 2.09. The molecule has 2 nitrogen and oxygen atoms in total. The quantitative estimate of drug-likeness (QED) is 0.643. The van der Waals surface area contributed by atoms with E-state index in [4.69, 9.17) is 4.74 Å². The van der Waals surface area contributed by atoms with E-state index in [9.17, 15) is 4.79 Å². The molecule has 0 amide bonds. The van der Waals surface area contributed by atoms with Gasteiger partial charge >= 0.3 is 0 Å². The van der Waals surface area contributed by atoms with Crippen molar-refractivity contribution in [2.45, 2.75) is 44.1 Å². The van der Waals surface area contributed by atoms with Gasteiger partial charge in [-0.25, -0.2) is 0 Å². The van der Waals surface area contributed by atoms with Crippen molar-refractivity contribution in [3.05, 3.63) is 0 Å². The minimum atomic E-state index is -0.360. The Hall–Kier alpha value is -0.370. The lowest BCUT2D eigenvalue weighted by molar-refractivity contribution is -0.141. The molecule has 0 aliphatic heterocycles. The fourth-order valence-corrected chi connectivity index (χ4v) is 2.21. The van der Waals surface area contributed by atoms with Crippen LogP contribution >= 0.6 is 0 Å². The van der Waals surface area contributed by atoms with Crippen molar-refractivity contribution in [3.8, 4) is 0 Å². The van der Waals surface area contributed by atoms with Crippen molar-refractivity contribution in [1.29, 1.82) is 0 Å². The Morgan fingerprint density at radius 2 is 1.92 bits per heavy atom. The molecule has 0 atom stereocenters. The van der Waals surface area contributed by atoms with Gasteiger partial charge in [-0.2, -0.15) is 0 Å². The summed E-state index contributed by atoms with van der Waals surface area (Å²) in [5.41, 5.74) is -0.360. The fourth-order valence-electron chi connectivity index (χ4n) is 2.21. The van der Waals surface area contributed by atoms with E-state index in [1.165, 1.54) is 0 Å². The molecule has 0 heterocycles. The molecule has 12 heavy (non-hydrogen) atoms. The third-order valence-electron chi connectivity index (χ3n) is 3.20. The summed E-state index contributed by atoms with van der Waals surface area (Å²) in [6, 6.07) is 0. The van der Waals surface area contributed by atoms with Crippen LogP contribution in [0.3, 0.4) is 0 Å². The molecule has 0 saturated heterocycles. The second-order valence-corrected chi connectivity index (χ2v) is 4.04. The Morgan fingerprint density at radius 1 is 1.33 bits per heavy atom. The van der Waals surface area contributed by atoms with E-state index >= 15 is 0 Å². The smallest absolute Gasteiger partial charge is 0.167 e. The van der Waals surface area contributed by atoms with Gasteiger partial charge in [0.2, 0.25) is 0 Å². The van der Waals surface area contributed by atoms with Crippen molar-refractivity contribution in [1.82, 2.24) is 0 Å². The number of Topliss-reactive ketones (excluding diaryl/α,β-unsaturated/α-hetero) is 1. The zero-order valence-corrected chi connectivity index (χ0v) is 7.64. The number of carbonyl (C=O) groups excluding carboxylic acids is 1. The van der Waals surface area contributed by atoms with Gasteiger partial charge in [0.15, 0.2) is 5.78 Å². The van der Waals surface area contributed by atoms with Gasteiger partial charge in [-0.05, 0) is 38.5 Å². The monoisotopic (exact) mass is 168 g/mol. The largest absolute Gasteiger partial charge is 0.370 e. The van der Waals surface area contributed by atoms with Crippen LogP contribution in [0.25, 0.3) is 0 Å². The van der Waals surface area contributed by atoms with Crippen molar-refractivity contribution in [2.24, 2.45) is 5.92 Å². The molecule has 2 rings (SSSR count). The zero-order chi connectivity index (χ0) is 8.60. The summed E-state index contributed by atoms with van der Waals surface area (Å²) >= 11 is 0. The van der Waals surface area contributed by atoms with Gasteiger partial charge in [0, 0.05) is 13.0 Å². The number of ether oxygens (including phenoxy) is 1. The summed E-state index contributed by atoms with van der Waals surface area (Å²) in [6.45, 7) is 0. The van der Waals surface area contributed by atoms with Crippen LogP contribution in [0, 0.1) is 5.92 Å². The molecule has 68 valence electrons. The van der Waals surface area contributed by atoms with E-state index < -0.39 is 0 Å². The topological polar surface area (TPSA) is 26.3 Å². The van der Waals surface area contributed by atoms with Gasteiger partial charge in [0.25, 0.3) is 0 Å². The minimum absolute atomic E-state index is 0.350. The fraction of sp³-hybridized carbons (Fsp3) is 0.900. The molecule has 0 aromatic carbocycles. The highest BCUT2D eigenvalue weighted by Crippen LogP contribution is 2.42. The standard InChI is InChI=1S/C10H16O2/c1-12-10(6-2-3-7-10)9(11)8-4-5-8/h8H,2-7H2,1H3. The van der Waals surface area contributed by atoms with Crippen LogP contribution in [0.15, 0.2) is 0 Å². The van der Waals surface area contributed by atoms with E-state index in [1.54, 1.807) is 7.11 Å². The molecule has 0 N–H and O–H groups in total. The maximum absolute atomic E-state index is 11.8. The molecule has 0 spiro atoms. The third-order valence-corrected chi connectivity index (χ3v) is 3.20. The first-order chi connectivity index (χ1) is 5.78. The first-order valence-corrected chi connectivity index (χ1v) is 4.88. The number of rotatable bonds is 3. The molecule has 0 radical (unpaired) electrons. The Bertz CT molecular complexity index is 188. The average Bonchev–Trinajstić information content (AvgIpc) is 2.83. The van der Waals surface area contributed by atoms with E-state index in [0.717, 1.165) is 38.5 Å². The molecule has 2 fully saturated rings. The van der Waals surface area contributed by atoms with E-state index in [1.807, 2.05) is 0 Å². The molecule has 2 saturated carbocycles. The molecule has 0 bridgehead atoms. The lowest BCUT2D eigenvalue weighted by Gasteiger charge is -2.25. The van der Waals surface area contributed by atoms with Crippen LogP contribution in [0.1, 0.15) is 38.5 Å². The Morgan fingerprint density at radius 3 is 2.33 bits per heavy atom. The second kappa shape index (κ2) is 2.84. The molecule has 0 aromatic heterocycles. The molecule has 2 aliphatic rings. The molecule has 0 aromatic rings. The molecule has 0 unspecified atom stereocenters. The number of hydrogen-bond donors (Lipinski definition) is 0. The van der Waals surface area contributed by atoms with Crippen molar-refractivity contribution in [2.75, 3.05) is 7.11 Å². The predicted molar refractivity (Wildman–Crippen MR) is 45.9 cm³/mol. The Labute approximate surface area is 73.3 Å². The third kappa shape index (κ3) is 1.18. The zero-order valence-electron chi connectivity index (χ0n) is 7.64. The lowest BCUT2D eigenvalue weighted by atomic mass is 9.93. The van der Waals surface area contributed by atoms with Gasteiger partial charge in [0.05, 0.1) is 0 Å². The SMILES string of the molecule is COC1(C(=O)C2CC2)CCCC1. The van der Waals surface area contributed by atoms with Gasteiger partial charge in [-0.15, -0.1) is 0 Å². The van der Waals surface area contributed by atoms with Gasteiger partial charge in [0.1, 0.15) is 5.60 Å². The highest BCUT2D eigenvalue weighted by atomic mass is 16.5. The number of hydrogen-bond acceptors (Lipinski definition) is 2. The van der Waals surface area contributed by atoms with Crippen LogP contribution in [-0.4, -0.2) is 18.5 Å². The first-order valence-electron chi connectivity index (χ1n) is 4.88. The summed E-state index contributed by atoms with van der Waals surface area (Å²) in [6.07, 6.45) is 6.43. The number of methoxy groups -OCH3 is 1. The molecule has 2 heteroatoms. The summed E-state index contributed by atoms with van der Waals surface area (Å²) < 4.78 is 5.41. The van der Waals surface area contributed by atoms with Crippen molar-refractivity contribution < 1.29 is 9.53 Å². The molecule has 2 aliphatic carbocycles. The summed E-state index contributed by atoms with van der Waals surface area (Å²) in [5, 5.41) is 0.